The van der Waals surface area contributed by atoms with E-state index in [1.165, 1.54) is 11.3 Å². The van der Waals surface area contributed by atoms with Crippen molar-refractivity contribution in [1.82, 2.24) is 4.98 Å². The lowest BCUT2D eigenvalue weighted by Crippen LogP contribution is -2.29. The fraction of sp³-hybridized carbons (Fsp3) is 0.667. The van der Waals surface area contributed by atoms with Gasteiger partial charge in [0.15, 0.2) is 0 Å². The lowest BCUT2D eigenvalue weighted by Gasteiger charge is -2.27. The van der Waals surface area contributed by atoms with Crippen LogP contribution < -0.4 is 0 Å². The zero-order chi connectivity index (χ0) is 12.5. The normalized spacial score (nSPS) is 20.4. The van der Waals surface area contributed by atoms with Gasteiger partial charge >= 0.3 is 0 Å². The third kappa shape index (κ3) is 3.31. The van der Waals surface area contributed by atoms with E-state index in [4.69, 9.17) is 0 Å². The molecule has 5 heteroatoms. The van der Waals surface area contributed by atoms with Gasteiger partial charge < -0.3 is 0 Å². The number of hydrogen-bond donors (Lipinski definition) is 0. The Balaban J connectivity index is 1.89. The van der Waals surface area contributed by atoms with Gasteiger partial charge in [-0.3, -0.25) is 4.79 Å². The predicted octanol–water partition coefficient (Wildman–Crippen LogP) is 3.39. The summed E-state index contributed by atoms with van der Waals surface area (Å²) in [5.41, 5.74) is 0.910. The van der Waals surface area contributed by atoms with Crippen molar-refractivity contribution in [3.05, 3.63) is 16.1 Å². The van der Waals surface area contributed by atoms with Gasteiger partial charge in [-0.25, -0.2) is 13.8 Å². The third-order valence-electron chi connectivity index (χ3n) is 3.16. The largest absolute Gasteiger partial charge is 0.299 e. The van der Waals surface area contributed by atoms with Crippen molar-refractivity contribution in [2.24, 2.45) is 5.92 Å². The summed E-state index contributed by atoms with van der Waals surface area (Å²) < 4.78 is 25.9. The fourth-order valence-corrected chi connectivity index (χ4v) is 2.92. The van der Waals surface area contributed by atoms with E-state index in [0.29, 0.717) is 19.3 Å². The molecule has 0 aliphatic heterocycles. The average Bonchev–Trinajstić information content (AvgIpc) is 2.63. The minimum atomic E-state index is -2.56. The quantitative estimate of drug-likeness (QED) is 0.832. The summed E-state index contributed by atoms with van der Waals surface area (Å²) in [4.78, 5) is 16.1. The Labute approximate surface area is 103 Å². The Morgan fingerprint density at radius 1 is 1.53 bits per heavy atom. The molecule has 94 valence electrons. The second-order valence-electron chi connectivity index (χ2n) is 4.66. The van der Waals surface area contributed by atoms with Crippen molar-refractivity contribution in [2.45, 2.75) is 45.0 Å². The summed E-state index contributed by atoms with van der Waals surface area (Å²) in [6.45, 7) is 1.88. The maximum absolute atomic E-state index is 12.9. The average molecular weight is 259 g/mol. The van der Waals surface area contributed by atoms with Crippen molar-refractivity contribution in [3.63, 3.8) is 0 Å². The molecule has 0 saturated heterocycles. The summed E-state index contributed by atoms with van der Waals surface area (Å²) in [6, 6.07) is 0. The molecule has 0 bridgehead atoms. The number of nitrogens with zero attached hydrogens (tertiary/aromatic N) is 1. The first-order valence-corrected chi connectivity index (χ1v) is 6.66. The molecule has 0 N–H and O–H groups in total. The Kier molecular flexibility index (Phi) is 3.56. The second kappa shape index (κ2) is 4.80. The fourth-order valence-electron chi connectivity index (χ4n) is 2.14. The molecule has 1 aromatic rings. The maximum Gasteiger partial charge on any atom is 0.248 e. The van der Waals surface area contributed by atoms with Crippen LogP contribution in [0.4, 0.5) is 8.78 Å². The Bertz CT molecular complexity index is 406. The monoisotopic (exact) mass is 259 g/mol. The number of alkyl halides is 2. The number of aromatic nitrogens is 1. The standard InChI is InChI=1S/C12H15F2NOS/c1-8-7-17-11(15-8)6-10(16)9-2-4-12(13,14)5-3-9/h7,9H,2-6H2,1H3. The number of rotatable bonds is 3. The minimum Gasteiger partial charge on any atom is -0.299 e. The smallest absolute Gasteiger partial charge is 0.248 e. The van der Waals surface area contributed by atoms with E-state index in [1.807, 2.05) is 12.3 Å². The number of thiazole rings is 1. The molecule has 1 aromatic heterocycles. The highest BCUT2D eigenvalue weighted by Gasteiger charge is 2.37. The van der Waals surface area contributed by atoms with E-state index in [-0.39, 0.29) is 24.5 Å². The summed E-state index contributed by atoms with van der Waals surface area (Å²) in [5.74, 6) is -2.69. The molecular weight excluding hydrogens is 244 g/mol. The topological polar surface area (TPSA) is 30.0 Å². The lowest BCUT2D eigenvalue weighted by molar-refractivity contribution is -0.126. The highest BCUT2D eigenvalue weighted by Crippen LogP contribution is 2.36. The summed E-state index contributed by atoms with van der Waals surface area (Å²) in [6.07, 6.45) is 0.627. The SMILES string of the molecule is Cc1csc(CC(=O)C2CCC(F)(F)CC2)n1. The Morgan fingerprint density at radius 3 is 2.71 bits per heavy atom. The zero-order valence-corrected chi connectivity index (χ0v) is 10.5. The third-order valence-corrected chi connectivity index (χ3v) is 4.13. The molecule has 0 unspecified atom stereocenters. The van der Waals surface area contributed by atoms with Gasteiger partial charge in [-0.15, -0.1) is 11.3 Å². The number of carbonyl (C=O) groups excluding carboxylic acids is 1. The highest BCUT2D eigenvalue weighted by molar-refractivity contribution is 7.09. The molecule has 0 atom stereocenters. The molecule has 1 aliphatic carbocycles. The van der Waals surface area contributed by atoms with Crippen molar-refractivity contribution < 1.29 is 13.6 Å². The number of carbonyl (C=O) groups is 1. The number of halogens is 2. The summed E-state index contributed by atoms with van der Waals surface area (Å²) >= 11 is 1.46. The maximum atomic E-state index is 12.9. The van der Waals surface area contributed by atoms with Crippen molar-refractivity contribution in [1.29, 1.82) is 0 Å². The van der Waals surface area contributed by atoms with E-state index in [1.54, 1.807) is 0 Å². The molecule has 2 nitrogen and oxygen atoms in total. The van der Waals surface area contributed by atoms with Gasteiger partial charge in [0, 0.05) is 29.8 Å². The number of Topliss-reactive ketones (excluding diaryl/α,β-unsaturated/α-hetero) is 1. The van der Waals surface area contributed by atoms with E-state index < -0.39 is 5.92 Å². The van der Waals surface area contributed by atoms with E-state index in [2.05, 4.69) is 4.98 Å². The van der Waals surface area contributed by atoms with Crippen LogP contribution in [0.15, 0.2) is 5.38 Å². The van der Waals surface area contributed by atoms with Crippen LogP contribution in [0.2, 0.25) is 0 Å². The summed E-state index contributed by atoms with van der Waals surface area (Å²) in [5, 5.41) is 2.70. The lowest BCUT2D eigenvalue weighted by atomic mass is 9.83. The minimum absolute atomic E-state index is 0.0647. The van der Waals surface area contributed by atoms with Crippen molar-refractivity contribution in [2.75, 3.05) is 0 Å². The molecule has 1 fully saturated rings. The van der Waals surface area contributed by atoms with Crippen LogP contribution in [0.5, 0.6) is 0 Å². The van der Waals surface area contributed by atoms with Crippen LogP contribution in [0.25, 0.3) is 0 Å². The molecular formula is C12H15F2NOS. The Morgan fingerprint density at radius 2 is 2.18 bits per heavy atom. The van der Waals surface area contributed by atoms with Gasteiger partial charge in [-0.05, 0) is 19.8 Å². The number of hydrogen-bond acceptors (Lipinski definition) is 3. The van der Waals surface area contributed by atoms with Gasteiger partial charge in [0.2, 0.25) is 5.92 Å². The molecule has 0 amide bonds. The molecule has 0 aromatic carbocycles. The molecule has 0 radical (unpaired) electrons. The predicted molar refractivity (Wildman–Crippen MR) is 62.5 cm³/mol. The number of ketones is 1. The van der Waals surface area contributed by atoms with Gasteiger partial charge in [0.05, 0.1) is 6.42 Å². The van der Waals surface area contributed by atoms with Gasteiger partial charge in [-0.1, -0.05) is 0 Å². The Hall–Kier alpha value is -0.840. The van der Waals surface area contributed by atoms with Crippen LogP contribution in [0.1, 0.15) is 36.4 Å². The van der Waals surface area contributed by atoms with Crippen LogP contribution in [-0.4, -0.2) is 16.7 Å². The van der Waals surface area contributed by atoms with Gasteiger partial charge in [0.1, 0.15) is 10.8 Å². The zero-order valence-electron chi connectivity index (χ0n) is 9.71. The van der Waals surface area contributed by atoms with E-state index in [9.17, 15) is 13.6 Å². The number of aryl methyl sites for hydroxylation is 1. The molecule has 2 rings (SSSR count). The molecule has 1 saturated carbocycles. The first-order chi connectivity index (χ1) is 7.96. The van der Waals surface area contributed by atoms with Crippen LogP contribution >= 0.6 is 11.3 Å². The highest BCUT2D eigenvalue weighted by atomic mass is 32.1. The first-order valence-electron chi connectivity index (χ1n) is 5.78. The molecule has 1 heterocycles. The molecule has 17 heavy (non-hydrogen) atoms. The molecule has 1 aliphatic rings. The first kappa shape index (κ1) is 12.6. The van der Waals surface area contributed by atoms with Crippen molar-refractivity contribution in [3.8, 4) is 0 Å². The second-order valence-corrected chi connectivity index (χ2v) is 5.60. The van der Waals surface area contributed by atoms with Gasteiger partial charge in [0.25, 0.3) is 0 Å². The van der Waals surface area contributed by atoms with E-state index >= 15 is 0 Å². The van der Waals surface area contributed by atoms with Crippen LogP contribution in [0.3, 0.4) is 0 Å². The van der Waals surface area contributed by atoms with E-state index in [0.717, 1.165) is 10.7 Å². The summed E-state index contributed by atoms with van der Waals surface area (Å²) in [7, 11) is 0. The van der Waals surface area contributed by atoms with Crippen LogP contribution in [-0.2, 0) is 11.2 Å². The van der Waals surface area contributed by atoms with Crippen LogP contribution in [0, 0.1) is 12.8 Å². The molecule has 0 spiro atoms. The van der Waals surface area contributed by atoms with Gasteiger partial charge in [-0.2, -0.15) is 0 Å². The van der Waals surface area contributed by atoms with Crippen molar-refractivity contribution >= 4 is 17.1 Å².